The van der Waals surface area contributed by atoms with Crippen LogP contribution in [0.5, 0.6) is 5.75 Å². The minimum absolute atomic E-state index is 0.128. The molecule has 0 saturated heterocycles. The average molecular weight is 478 g/mol. The Bertz CT molecular complexity index is 993. The summed E-state index contributed by atoms with van der Waals surface area (Å²) in [5.41, 5.74) is 0.849. The van der Waals surface area contributed by atoms with Crippen molar-refractivity contribution in [3.05, 3.63) is 71.3 Å². The van der Waals surface area contributed by atoms with Crippen LogP contribution in [-0.4, -0.2) is 37.0 Å². The fraction of sp³-hybridized carbons (Fsp3) is 0.360. The molecule has 0 heterocycles. The van der Waals surface area contributed by atoms with Crippen LogP contribution in [-0.2, 0) is 14.3 Å². The molecular formula is C25H29F2NO6. The van der Waals surface area contributed by atoms with Gasteiger partial charge in [-0.25, -0.2) is 18.4 Å². The molecule has 2 aromatic carbocycles. The highest BCUT2D eigenvalue weighted by Gasteiger charge is 2.24. The number of ether oxygens (including phenoxy) is 3. The number of aliphatic hydroxyl groups is 1. The lowest BCUT2D eigenvalue weighted by molar-refractivity contribution is -0.138. The number of anilines is 1. The van der Waals surface area contributed by atoms with E-state index in [1.54, 1.807) is 44.2 Å². The molecule has 2 atom stereocenters. The van der Waals surface area contributed by atoms with Crippen molar-refractivity contribution in [1.29, 1.82) is 0 Å². The predicted molar refractivity (Wildman–Crippen MR) is 122 cm³/mol. The van der Waals surface area contributed by atoms with Gasteiger partial charge in [0, 0.05) is 17.6 Å². The number of carbonyl (C=O) groups excluding carboxylic acids is 2. The maximum Gasteiger partial charge on any atom is 0.412 e. The Kier molecular flexibility index (Phi) is 10.5. The van der Waals surface area contributed by atoms with E-state index >= 15 is 0 Å². The first kappa shape index (κ1) is 26.8. The molecule has 0 fully saturated rings. The molecule has 1 amide bonds. The number of esters is 1. The summed E-state index contributed by atoms with van der Waals surface area (Å²) in [5.74, 6) is -1.88. The van der Waals surface area contributed by atoms with E-state index in [0.717, 1.165) is 12.1 Å². The van der Waals surface area contributed by atoms with E-state index in [1.807, 2.05) is 6.92 Å². The maximum atomic E-state index is 13.9. The number of allylic oxidation sites excluding steroid dienone is 1. The maximum absolute atomic E-state index is 13.9. The van der Waals surface area contributed by atoms with Gasteiger partial charge in [-0.05, 0) is 50.1 Å². The molecule has 0 aliphatic carbocycles. The number of amides is 1. The van der Waals surface area contributed by atoms with Gasteiger partial charge in [0.05, 0.1) is 18.9 Å². The lowest BCUT2D eigenvalue weighted by atomic mass is 9.93. The van der Waals surface area contributed by atoms with E-state index < -0.39 is 29.8 Å². The van der Waals surface area contributed by atoms with Gasteiger partial charge < -0.3 is 19.3 Å². The van der Waals surface area contributed by atoms with Crippen molar-refractivity contribution in [2.24, 2.45) is 5.92 Å². The summed E-state index contributed by atoms with van der Waals surface area (Å²) < 4.78 is 43.0. The van der Waals surface area contributed by atoms with Crippen molar-refractivity contribution in [1.82, 2.24) is 0 Å². The monoisotopic (exact) mass is 477 g/mol. The van der Waals surface area contributed by atoms with E-state index in [2.05, 4.69) is 5.32 Å². The zero-order chi connectivity index (χ0) is 25.1. The fourth-order valence-corrected chi connectivity index (χ4v) is 3.09. The summed E-state index contributed by atoms with van der Waals surface area (Å²) in [6, 6.07) is 9.54. The first-order valence-corrected chi connectivity index (χ1v) is 10.8. The van der Waals surface area contributed by atoms with Gasteiger partial charge >= 0.3 is 12.1 Å². The predicted octanol–water partition coefficient (Wildman–Crippen LogP) is 5.16. The van der Waals surface area contributed by atoms with Crippen LogP contribution in [0, 0.1) is 17.6 Å². The molecule has 2 rings (SSSR count). The molecule has 0 aliphatic heterocycles. The Hall–Kier alpha value is -3.46. The number of halogens is 2. The van der Waals surface area contributed by atoms with Gasteiger partial charge in [-0.3, -0.25) is 5.32 Å². The number of hydrogen-bond donors (Lipinski definition) is 2. The molecular weight excluding hydrogens is 448 g/mol. The third-order valence-corrected chi connectivity index (χ3v) is 4.88. The molecule has 0 aromatic heterocycles. The van der Waals surface area contributed by atoms with Gasteiger partial charge in [-0.15, -0.1) is 0 Å². The van der Waals surface area contributed by atoms with Crippen LogP contribution in [0.2, 0.25) is 0 Å². The molecule has 0 aliphatic rings. The Morgan fingerprint density at radius 2 is 1.85 bits per heavy atom. The lowest BCUT2D eigenvalue weighted by Gasteiger charge is -2.24. The van der Waals surface area contributed by atoms with Gasteiger partial charge in [0.2, 0.25) is 0 Å². The van der Waals surface area contributed by atoms with Crippen LogP contribution in [0.1, 0.15) is 38.9 Å². The first-order chi connectivity index (χ1) is 16.2. The van der Waals surface area contributed by atoms with Crippen LogP contribution < -0.4 is 10.1 Å². The molecule has 0 spiro atoms. The van der Waals surface area contributed by atoms with Crippen molar-refractivity contribution in [2.45, 2.75) is 33.3 Å². The van der Waals surface area contributed by atoms with Crippen LogP contribution in [0.25, 0.3) is 0 Å². The normalized spacial score (nSPS) is 13.1. The lowest BCUT2D eigenvalue weighted by Crippen LogP contribution is -2.22. The number of hydrogen-bond acceptors (Lipinski definition) is 6. The molecule has 7 nitrogen and oxygen atoms in total. The smallest absolute Gasteiger partial charge is 0.412 e. The second kappa shape index (κ2) is 13.3. The quantitative estimate of drug-likeness (QED) is 0.343. The Morgan fingerprint density at radius 3 is 2.47 bits per heavy atom. The van der Waals surface area contributed by atoms with Crippen molar-refractivity contribution in [2.75, 3.05) is 25.1 Å². The third-order valence-electron chi connectivity index (χ3n) is 4.88. The standard InChI is InChI=1S/C25H29F2NO6/c1-4-32-24(30)17(3)6-5-16(2)23(18-7-10-20(11-8-18)33-14-13-29)34-25(31)28-22-12-9-19(26)15-21(22)27/h6-12,15-16,23,29H,4-5,13-14H2,1-3H3,(H,28,31)/b17-6+/t16-,23-/m1/s1. The minimum Gasteiger partial charge on any atom is -0.491 e. The van der Waals surface area contributed by atoms with E-state index in [4.69, 9.17) is 19.3 Å². The van der Waals surface area contributed by atoms with E-state index in [-0.39, 0.29) is 31.4 Å². The summed E-state index contributed by atoms with van der Waals surface area (Å²) in [6.45, 7) is 5.46. The number of aliphatic hydroxyl groups excluding tert-OH is 1. The molecule has 184 valence electrons. The topological polar surface area (TPSA) is 94.1 Å². The van der Waals surface area contributed by atoms with Gasteiger partial charge in [0.15, 0.2) is 0 Å². The molecule has 0 unspecified atom stereocenters. The van der Waals surface area contributed by atoms with Crippen LogP contribution >= 0.6 is 0 Å². The van der Waals surface area contributed by atoms with E-state index in [1.165, 1.54) is 0 Å². The summed E-state index contributed by atoms with van der Waals surface area (Å²) in [7, 11) is 0. The molecule has 0 bridgehead atoms. The largest absolute Gasteiger partial charge is 0.491 e. The molecule has 0 saturated carbocycles. The first-order valence-electron chi connectivity index (χ1n) is 10.8. The number of rotatable bonds is 11. The molecule has 2 N–H and O–H groups in total. The number of nitrogens with one attached hydrogen (secondary N) is 1. The molecule has 0 radical (unpaired) electrons. The van der Waals surface area contributed by atoms with Gasteiger partial charge in [-0.2, -0.15) is 0 Å². The second-order valence-electron chi connectivity index (χ2n) is 7.54. The van der Waals surface area contributed by atoms with Crippen molar-refractivity contribution in [3.63, 3.8) is 0 Å². The highest BCUT2D eigenvalue weighted by Crippen LogP contribution is 2.31. The van der Waals surface area contributed by atoms with Crippen molar-refractivity contribution in [3.8, 4) is 5.75 Å². The van der Waals surface area contributed by atoms with Gasteiger partial charge in [-0.1, -0.05) is 25.1 Å². The summed E-state index contributed by atoms with van der Waals surface area (Å²) in [6.07, 6.45) is 0.404. The molecule has 34 heavy (non-hydrogen) atoms. The summed E-state index contributed by atoms with van der Waals surface area (Å²) in [5, 5.41) is 11.2. The van der Waals surface area contributed by atoms with Crippen LogP contribution in [0.4, 0.5) is 19.3 Å². The fourth-order valence-electron chi connectivity index (χ4n) is 3.09. The summed E-state index contributed by atoms with van der Waals surface area (Å²) in [4.78, 5) is 24.4. The SMILES string of the molecule is CCOC(=O)/C(C)=C/C[C@@H](C)[C@@H](OC(=O)Nc1ccc(F)cc1F)c1ccc(OCCO)cc1. The molecule has 2 aromatic rings. The van der Waals surface area contributed by atoms with Crippen molar-refractivity contribution < 1.29 is 37.7 Å². The number of carbonyl (C=O) groups is 2. The Morgan fingerprint density at radius 1 is 1.15 bits per heavy atom. The van der Waals surface area contributed by atoms with Crippen molar-refractivity contribution >= 4 is 17.7 Å². The highest BCUT2D eigenvalue weighted by atomic mass is 19.1. The minimum atomic E-state index is -0.931. The molecule has 9 heteroatoms. The Labute approximate surface area is 197 Å². The van der Waals surface area contributed by atoms with Crippen LogP contribution in [0.3, 0.4) is 0 Å². The third kappa shape index (κ3) is 8.15. The van der Waals surface area contributed by atoms with Gasteiger partial charge in [0.1, 0.15) is 30.1 Å². The Balaban J connectivity index is 2.20. The zero-order valence-electron chi connectivity index (χ0n) is 19.3. The van der Waals surface area contributed by atoms with E-state index in [9.17, 15) is 18.4 Å². The van der Waals surface area contributed by atoms with E-state index in [0.29, 0.717) is 29.4 Å². The van der Waals surface area contributed by atoms with Crippen LogP contribution in [0.15, 0.2) is 54.1 Å². The van der Waals surface area contributed by atoms with Gasteiger partial charge in [0.25, 0.3) is 0 Å². The highest BCUT2D eigenvalue weighted by molar-refractivity contribution is 5.87. The zero-order valence-corrected chi connectivity index (χ0v) is 19.3. The average Bonchev–Trinajstić information content (AvgIpc) is 2.81. The number of benzene rings is 2. The summed E-state index contributed by atoms with van der Waals surface area (Å²) >= 11 is 0. The second-order valence-corrected chi connectivity index (χ2v) is 7.54.